The molecule has 0 heterocycles. The number of carbonyl (C=O) groups excluding carboxylic acids is 2. The Morgan fingerprint density at radius 2 is 2.19 bits per heavy atom. The summed E-state index contributed by atoms with van der Waals surface area (Å²) in [5.74, 6) is -3.31. The number of carbonyl (C=O) groups is 2. The molecule has 0 aliphatic rings. The fourth-order valence-corrected chi connectivity index (χ4v) is 1.32. The zero-order valence-corrected chi connectivity index (χ0v) is 10.7. The van der Waals surface area contributed by atoms with Crippen molar-refractivity contribution >= 4 is 29.0 Å². The third-order valence-electron chi connectivity index (χ3n) is 2.19. The Morgan fingerprint density at radius 3 is 2.71 bits per heavy atom. The molecule has 1 aromatic carbocycles. The van der Waals surface area contributed by atoms with E-state index < -0.39 is 34.0 Å². The molecule has 0 saturated heterocycles. The van der Waals surface area contributed by atoms with Gasteiger partial charge in [0.25, 0.3) is 17.3 Å². The van der Waals surface area contributed by atoms with E-state index in [0.29, 0.717) is 6.07 Å². The summed E-state index contributed by atoms with van der Waals surface area (Å²) in [7, 11) is 0. The monoisotopic (exact) mass is 299 g/mol. The SMILES string of the molecule is CCOC(=O)C(=NO)C(=O)Nc1ccc(F)cc1[N+](=O)[O-]. The van der Waals surface area contributed by atoms with Gasteiger partial charge in [0.1, 0.15) is 11.5 Å². The molecule has 0 saturated carbocycles. The molecular weight excluding hydrogens is 289 g/mol. The number of rotatable bonds is 5. The molecule has 0 aromatic heterocycles. The van der Waals surface area contributed by atoms with Gasteiger partial charge in [-0.2, -0.15) is 0 Å². The van der Waals surface area contributed by atoms with Gasteiger partial charge in [0, 0.05) is 0 Å². The molecular formula is C11H10FN3O6. The van der Waals surface area contributed by atoms with Gasteiger partial charge in [0.2, 0.25) is 0 Å². The molecule has 0 aliphatic carbocycles. The Labute approximate surface area is 117 Å². The maximum Gasteiger partial charge on any atom is 0.366 e. The molecule has 1 rings (SSSR count). The molecule has 0 radical (unpaired) electrons. The number of esters is 1. The van der Waals surface area contributed by atoms with Crippen molar-refractivity contribution in [2.24, 2.45) is 5.16 Å². The lowest BCUT2D eigenvalue weighted by atomic mass is 10.2. The number of amides is 1. The average Bonchev–Trinajstić information content (AvgIpc) is 2.41. The maximum absolute atomic E-state index is 12.9. The van der Waals surface area contributed by atoms with Gasteiger partial charge in [-0.05, 0) is 19.1 Å². The number of hydrogen-bond donors (Lipinski definition) is 2. The zero-order chi connectivity index (χ0) is 16.0. The molecule has 0 unspecified atom stereocenters. The number of hydrogen-bond acceptors (Lipinski definition) is 7. The number of nitro groups is 1. The third kappa shape index (κ3) is 3.96. The molecule has 112 valence electrons. The molecule has 1 aromatic rings. The summed E-state index contributed by atoms with van der Waals surface area (Å²) in [6.07, 6.45) is 0. The van der Waals surface area contributed by atoms with Crippen LogP contribution >= 0.6 is 0 Å². The smallest absolute Gasteiger partial charge is 0.366 e. The van der Waals surface area contributed by atoms with E-state index in [-0.39, 0.29) is 12.3 Å². The third-order valence-corrected chi connectivity index (χ3v) is 2.19. The minimum Gasteiger partial charge on any atom is -0.461 e. The molecule has 0 bridgehead atoms. The Balaban J connectivity index is 3.03. The molecule has 0 spiro atoms. The van der Waals surface area contributed by atoms with E-state index >= 15 is 0 Å². The number of anilines is 1. The van der Waals surface area contributed by atoms with Crippen LogP contribution in [0.25, 0.3) is 0 Å². The van der Waals surface area contributed by atoms with Gasteiger partial charge >= 0.3 is 5.97 Å². The number of oxime groups is 1. The highest BCUT2D eigenvalue weighted by molar-refractivity contribution is 6.65. The second-order valence-electron chi connectivity index (χ2n) is 3.54. The first-order valence-electron chi connectivity index (χ1n) is 5.55. The quantitative estimate of drug-likeness (QED) is 0.209. The standard InChI is InChI=1S/C11H10FN3O6/c1-2-21-11(17)9(14-18)10(16)13-7-4-3-6(12)5-8(7)15(19)20/h3-5,18H,2H2,1H3,(H,13,16). The fourth-order valence-electron chi connectivity index (χ4n) is 1.32. The number of ether oxygens (including phenoxy) is 1. The average molecular weight is 299 g/mol. The van der Waals surface area contributed by atoms with E-state index in [0.717, 1.165) is 12.1 Å². The van der Waals surface area contributed by atoms with Gasteiger partial charge in [-0.1, -0.05) is 5.16 Å². The van der Waals surface area contributed by atoms with Gasteiger partial charge in [-0.3, -0.25) is 14.9 Å². The number of halogens is 1. The Bertz CT molecular complexity index is 616. The summed E-state index contributed by atoms with van der Waals surface area (Å²) in [6.45, 7) is 1.40. The summed E-state index contributed by atoms with van der Waals surface area (Å²) in [6, 6.07) is 2.41. The summed E-state index contributed by atoms with van der Waals surface area (Å²) in [5, 5.41) is 23.8. The lowest BCUT2D eigenvalue weighted by molar-refractivity contribution is -0.384. The number of nitrogens with one attached hydrogen (secondary N) is 1. The molecule has 2 N–H and O–H groups in total. The predicted molar refractivity (Wildman–Crippen MR) is 67.5 cm³/mol. The Morgan fingerprint density at radius 1 is 1.52 bits per heavy atom. The first kappa shape index (κ1) is 16.0. The summed E-state index contributed by atoms with van der Waals surface area (Å²) in [4.78, 5) is 32.8. The van der Waals surface area contributed by atoms with E-state index in [4.69, 9.17) is 5.21 Å². The van der Waals surface area contributed by atoms with Gasteiger partial charge < -0.3 is 15.3 Å². The van der Waals surface area contributed by atoms with E-state index in [9.17, 15) is 24.1 Å². The van der Waals surface area contributed by atoms with Crippen LogP contribution in [0.5, 0.6) is 0 Å². The summed E-state index contributed by atoms with van der Waals surface area (Å²) >= 11 is 0. The summed E-state index contributed by atoms with van der Waals surface area (Å²) < 4.78 is 17.4. The van der Waals surface area contributed by atoms with E-state index in [1.807, 2.05) is 5.32 Å². The lowest BCUT2D eigenvalue weighted by Gasteiger charge is -2.06. The fraction of sp³-hybridized carbons (Fsp3) is 0.182. The highest BCUT2D eigenvalue weighted by Crippen LogP contribution is 2.24. The van der Waals surface area contributed by atoms with Gasteiger partial charge in [-0.15, -0.1) is 0 Å². The van der Waals surface area contributed by atoms with Crippen molar-refractivity contribution in [3.05, 3.63) is 34.1 Å². The van der Waals surface area contributed by atoms with Crippen LogP contribution in [0.1, 0.15) is 6.92 Å². The maximum atomic E-state index is 12.9. The molecule has 21 heavy (non-hydrogen) atoms. The Hall–Kier alpha value is -3.04. The minimum absolute atomic E-state index is 0.0676. The van der Waals surface area contributed by atoms with Crippen LogP contribution in [-0.4, -0.2) is 34.3 Å². The minimum atomic E-state index is -1.23. The zero-order valence-electron chi connectivity index (χ0n) is 10.7. The number of nitrogens with zero attached hydrogens (tertiary/aromatic N) is 2. The first-order chi connectivity index (χ1) is 9.90. The van der Waals surface area contributed by atoms with Gasteiger partial charge in [0.05, 0.1) is 17.6 Å². The van der Waals surface area contributed by atoms with Crippen LogP contribution in [0.3, 0.4) is 0 Å². The second kappa shape index (κ2) is 6.93. The van der Waals surface area contributed by atoms with Crippen LogP contribution in [0.2, 0.25) is 0 Å². The van der Waals surface area contributed by atoms with Crippen molar-refractivity contribution in [1.82, 2.24) is 0 Å². The van der Waals surface area contributed by atoms with E-state index in [2.05, 4.69) is 9.89 Å². The van der Waals surface area contributed by atoms with Crippen molar-refractivity contribution in [3.63, 3.8) is 0 Å². The van der Waals surface area contributed by atoms with Gasteiger partial charge in [0.15, 0.2) is 0 Å². The van der Waals surface area contributed by atoms with Crippen LogP contribution < -0.4 is 5.32 Å². The normalized spacial score (nSPS) is 10.9. The van der Waals surface area contributed by atoms with Crippen molar-refractivity contribution in [2.45, 2.75) is 6.92 Å². The molecule has 9 nitrogen and oxygen atoms in total. The van der Waals surface area contributed by atoms with Crippen LogP contribution in [0, 0.1) is 15.9 Å². The van der Waals surface area contributed by atoms with Crippen molar-refractivity contribution in [1.29, 1.82) is 0 Å². The summed E-state index contributed by atoms with van der Waals surface area (Å²) in [5.41, 5.74) is -2.07. The number of nitro benzene ring substituents is 1. The van der Waals surface area contributed by atoms with Crippen LogP contribution in [-0.2, 0) is 14.3 Å². The van der Waals surface area contributed by atoms with Crippen LogP contribution in [0.4, 0.5) is 15.8 Å². The first-order valence-corrected chi connectivity index (χ1v) is 5.55. The topological polar surface area (TPSA) is 131 Å². The van der Waals surface area contributed by atoms with Crippen molar-refractivity contribution < 1.29 is 28.8 Å². The highest BCUT2D eigenvalue weighted by Gasteiger charge is 2.25. The Kier molecular flexibility index (Phi) is 5.29. The van der Waals surface area contributed by atoms with Gasteiger partial charge in [-0.25, -0.2) is 9.18 Å². The van der Waals surface area contributed by atoms with E-state index in [1.54, 1.807) is 0 Å². The number of benzene rings is 1. The lowest BCUT2D eigenvalue weighted by Crippen LogP contribution is -2.31. The molecule has 1 amide bonds. The largest absolute Gasteiger partial charge is 0.461 e. The van der Waals surface area contributed by atoms with Crippen LogP contribution in [0.15, 0.2) is 23.4 Å². The molecule has 0 fully saturated rings. The molecule has 0 atom stereocenters. The van der Waals surface area contributed by atoms with Crippen molar-refractivity contribution in [2.75, 3.05) is 11.9 Å². The highest BCUT2D eigenvalue weighted by atomic mass is 19.1. The predicted octanol–water partition coefficient (Wildman–Crippen LogP) is 1.07. The van der Waals surface area contributed by atoms with E-state index in [1.165, 1.54) is 6.92 Å². The molecule has 0 aliphatic heterocycles. The molecule has 10 heteroatoms. The second-order valence-corrected chi connectivity index (χ2v) is 3.54. The van der Waals surface area contributed by atoms with Crippen molar-refractivity contribution in [3.8, 4) is 0 Å².